The van der Waals surface area contributed by atoms with Crippen LogP contribution in [0.3, 0.4) is 0 Å². The lowest BCUT2D eigenvalue weighted by molar-refractivity contribution is -0.0454. The number of fused-ring (bicyclic) bond motifs is 1. The van der Waals surface area contributed by atoms with Gasteiger partial charge in [-0.3, -0.25) is 0 Å². The van der Waals surface area contributed by atoms with Crippen molar-refractivity contribution >= 4 is 10.2 Å². The fraction of sp³-hybridized carbons (Fsp3) is 1.00. The summed E-state index contributed by atoms with van der Waals surface area (Å²) in [5.41, 5.74) is 0. The Kier molecular flexibility index (Phi) is 4.07. The molecule has 1 aliphatic carbocycles. The van der Waals surface area contributed by atoms with Gasteiger partial charge in [0.2, 0.25) is 0 Å². The zero-order chi connectivity index (χ0) is 15.4. The van der Waals surface area contributed by atoms with E-state index in [1.165, 1.54) is 0 Å². The zero-order valence-corrected chi connectivity index (χ0v) is 14.2. The normalized spacial score (nSPS) is 41.5. The minimum absolute atomic E-state index is 0.0258. The van der Waals surface area contributed by atoms with Gasteiger partial charge in [0, 0.05) is 32.7 Å². The molecule has 0 aromatic rings. The smallest absolute Gasteiger partial charge is 0.282 e. The van der Waals surface area contributed by atoms with Gasteiger partial charge in [-0.25, -0.2) is 0 Å². The van der Waals surface area contributed by atoms with E-state index in [0.717, 1.165) is 6.54 Å². The maximum Gasteiger partial charge on any atom is 0.282 e. The Morgan fingerprint density at radius 3 is 1.95 bits per heavy atom. The summed E-state index contributed by atoms with van der Waals surface area (Å²) < 4.78 is 34.5. The summed E-state index contributed by atoms with van der Waals surface area (Å²) in [4.78, 5) is 2.20. The number of nitrogens with zero attached hydrogens (tertiary/aromatic N) is 3. The molecule has 0 radical (unpaired) electrons. The van der Waals surface area contributed by atoms with E-state index in [0.29, 0.717) is 43.9 Å². The van der Waals surface area contributed by atoms with Gasteiger partial charge in [0.25, 0.3) is 10.2 Å². The maximum atomic E-state index is 12.8. The maximum absolute atomic E-state index is 12.8. The Bertz CT molecular complexity index is 474. The molecule has 6 nitrogen and oxygen atoms in total. The average molecular weight is 317 g/mol. The molecule has 7 heteroatoms. The quantitative estimate of drug-likeness (QED) is 0.737. The highest BCUT2D eigenvalue weighted by Crippen LogP contribution is 2.52. The van der Waals surface area contributed by atoms with Gasteiger partial charge in [0.05, 0.1) is 12.2 Å². The lowest BCUT2D eigenvalue weighted by Gasteiger charge is -2.36. The van der Waals surface area contributed by atoms with Crippen molar-refractivity contribution in [1.29, 1.82) is 0 Å². The topological polar surface area (TPSA) is 53.1 Å². The van der Waals surface area contributed by atoms with Gasteiger partial charge in [-0.15, -0.1) is 0 Å². The number of morpholine rings is 1. The Balaban J connectivity index is 1.61. The summed E-state index contributed by atoms with van der Waals surface area (Å²) in [6.45, 7) is 7.30. The highest BCUT2D eigenvalue weighted by molar-refractivity contribution is 7.86. The molecule has 3 rings (SSSR count). The van der Waals surface area contributed by atoms with Crippen LogP contribution in [-0.2, 0) is 14.9 Å². The summed E-state index contributed by atoms with van der Waals surface area (Å²) in [6, 6.07) is 0. The lowest BCUT2D eigenvalue weighted by Crippen LogP contribution is -2.53. The molecule has 3 fully saturated rings. The molecule has 3 aliphatic rings. The predicted octanol–water partition coefficient (Wildman–Crippen LogP) is 0.0798. The second kappa shape index (κ2) is 5.45. The van der Waals surface area contributed by atoms with Gasteiger partial charge in [-0.05, 0) is 45.7 Å². The third-order valence-corrected chi connectivity index (χ3v) is 6.85. The second-order valence-electron chi connectivity index (χ2n) is 7.15. The monoisotopic (exact) mass is 317 g/mol. The highest BCUT2D eigenvalue weighted by atomic mass is 32.2. The first-order valence-electron chi connectivity index (χ1n) is 7.84. The van der Waals surface area contributed by atoms with Crippen molar-refractivity contribution in [2.75, 3.05) is 46.8 Å². The van der Waals surface area contributed by atoms with E-state index in [2.05, 4.69) is 19.0 Å². The highest BCUT2D eigenvalue weighted by Gasteiger charge is 2.58. The molecule has 2 heterocycles. The van der Waals surface area contributed by atoms with Gasteiger partial charge >= 0.3 is 0 Å². The number of hydrogen-bond donors (Lipinski definition) is 0. The van der Waals surface area contributed by atoms with Crippen LogP contribution in [0.25, 0.3) is 0 Å². The Hall–Kier alpha value is -0.210. The summed E-state index contributed by atoms with van der Waals surface area (Å²) in [5, 5.41) is 0. The zero-order valence-electron chi connectivity index (χ0n) is 13.4. The molecular weight excluding hydrogens is 290 g/mol. The van der Waals surface area contributed by atoms with E-state index in [9.17, 15) is 8.42 Å². The van der Waals surface area contributed by atoms with E-state index in [4.69, 9.17) is 4.74 Å². The third kappa shape index (κ3) is 2.99. The van der Waals surface area contributed by atoms with Crippen molar-refractivity contribution in [3.8, 4) is 0 Å². The summed E-state index contributed by atoms with van der Waals surface area (Å²) in [7, 11) is 0.856. The molecule has 0 bridgehead atoms. The van der Waals surface area contributed by atoms with E-state index in [1.807, 2.05) is 13.8 Å². The standard InChI is InChI=1S/C14H27N3O3S/c1-10-5-16(6-11(2)20-10)21(18,19)17-8-13-12(7-15(3)4)14(13)9-17/h10-14H,5-9H2,1-4H3/t10?,11?,12?,13-,14+. The van der Waals surface area contributed by atoms with E-state index < -0.39 is 10.2 Å². The summed E-state index contributed by atoms with van der Waals surface area (Å²) >= 11 is 0. The first-order valence-corrected chi connectivity index (χ1v) is 9.24. The minimum Gasteiger partial charge on any atom is -0.373 e. The van der Waals surface area contributed by atoms with Gasteiger partial charge in [0.15, 0.2) is 0 Å². The van der Waals surface area contributed by atoms with Crippen molar-refractivity contribution in [1.82, 2.24) is 13.5 Å². The van der Waals surface area contributed by atoms with Crippen LogP contribution >= 0.6 is 0 Å². The van der Waals surface area contributed by atoms with Crippen LogP contribution in [-0.4, -0.2) is 81.0 Å². The predicted molar refractivity (Wildman–Crippen MR) is 81.1 cm³/mol. The number of hydrogen-bond acceptors (Lipinski definition) is 4. The SMILES string of the molecule is CC1CN(S(=O)(=O)N2C[C@@H]3C(CN(C)C)[C@@H]3C2)CC(C)O1. The van der Waals surface area contributed by atoms with Gasteiger partial charge in [-0.2, -0.15) is 17.0 Å². The molecule has 0 N–H and O–H groups in total. The third-order valence-electron chi connectivity index (χ3n) is 4.95. The lowest BCUT2D eigenvalue weighted by atomic mass is 10.3. The molecule has 2 aliphatic heterocycles. The number of piperidine rings is 1. The molecule has 21 heavy (non-hydrogen) atoms. The molecule has 0 aromatic heterocycles. The molecule has 2 saturated heterocycles. The van der Waals surface area contributed by atoms with Crippen LogP contribution in [0.2, 0.25) is 0 Å². The molecule has 1 saturated carbocycles. The first kappa shape index (κ1) is 15.7. The van der Waals surface area contributed by atoms with Crippen molar-refractivity contribution < 1.29 is 13.2 Å². The van der Waals surface area contributed by atoms with Crippen LogP contribution in [0, 0.1) is 17.8 Å². The van der Waals surface area contributed by atoms with Crippen LogP contribution in [0.4, 0.5) is 0 Å². The van der Waals surface area contributed by atoms with Crippen LogP contribution < -0.4 is 0 Å². The number of ether oxygens (including phenoxy) is 1. The van der Waals surface area contributed by atoms with Crippen LogP contribution in [0.15, 0.2) is 0 Å². The molecule has 5 atom stereocenters. The summed E-state index contributed by atoms with van der Waals surface area (Å²) in [6.07, 6.45) is -0.0516. The van der Waals surface area contributed by atoms with Crippen molar-refractivity contribution in [2.24, 2.45) is 17.8 Å². The molecular formula is C14H27N3O3S. The fourth-order valence-electron chi connectivity index (χ4n) is 3.97. The summed E-state index contributed by atoms with van der Waals surface area (Å²) in [5.74, 6) is 1.82. The van der Waals surface area contributed by atoms with E-state index in [1.54, 1.807) is 8.61 Å². The number of rotatable bonds is 4. The largest absolute Gasteiger partial charge is 0.373 e. The Labute approximate surface area is 128 Å². The van der Waals surface area contributed by atoms with E-state index in [-0.39, 0.29) is 12.2 Å². The molecule has 3 unspecified atom stereocenters. The molecule has 0 aromatic carbocycles. The van der Waals surface area contributed by atoms with E-state index >= 15 is 0 Å². The van der Waals surface area contributed by atoms with Crippen molar-refractivity contribution in [2.45, 2.75) is 26.1 Å². The first-order chi connectivity index (χ1) is 9.79. The Morgan fingerprint density at radius 2 is 1.48 bits per heavy atom. The average Bonchev–Trinajstić information content (AvgIpc) is 2.83. The van der Waals surface area contributed by atoms with Gasteiger partial charge in [-0.1, -0.05) is 0 Å². The fourth-order valence-corrected chi connectivity index (χ4v) is 5.82. The second-order valence-corrected chi connectivity index (χ2v) is 9.08. The molecule has 0 spiro atoms. The van der Waals surface area contributed by atoms with Crippen molar-refractivity contribution in [3.63, 3.8) is 0 Å². The van der Waals surface area contributed by atoms with Crippen molar-refractivity contribution in [3.05, 3.63) is 0 Å². The van der Waals surface area contributed by atoms with Crippen LogP contribution in [0.1, 0.15) is 13.8 Å². The van der Waals surface area contributed by atoms with Gasteiger partial charge in [0.1, 0.15) is 0 Å². The molecule has 122 valence electrons. The van der Waals surface area contributed by atoms with Crippen LogP contribution in [0.5, 0.6) is 0 Å². The minimum atomic E-state index is -3.31. The molecule has 0 amide bonds. The Morgan fingerprint density at radius 1 is 1.00 bits per heavy atom. The van der Waals surface area contributed by atoms with Gasteiger partial charge < -0.3 is 9.64 Å².